The van der Waals surface area contributed by atoms with Crippen LogP contribution in [-0.2, 0) is 38.6 Å². The van der Waals surface area contributed by atoms with Gasteiger partial charge in [-0.25, -0.2) is 14.4 Å². The first kappa shape index (κ1) is 39.6. The number of rotatable bonds is 4. The van der Waals surface area contributed by atoms with Gasteiger partial charge in [-0.2, -0.15) is 44.6 Å². The topological polar surface area (TPSA) is 186 Å². The van der Waals surface area contributed by atoms with Gasteiger partial charge in [-0.1, -0.05) is 6.07 Å². The molecular formula is C24H26F9N5O8. The van der Waals surface area contributed by atoms with E-state index in [4.69, 9.17) is 34.4 Å². The number of alkyl halides is 9. The molecule has 13 nitrogen and oxygen atoms in total. The monoisotopic (exact) mass is 683 g/mol. The number of carboxylic acid groups (broad SMARTS) is 3. The molecule has 1 atom stereocenters. The highest BCUT2D eigenvalue weighted by atomic mass is 19.4. The number of aromatic nitrogens is 3. The lowest BCUT2D eigenvalue weighted by atomic mass is 10.0. The summed E-state index contributed by atoms with van der Waals surface area (Å²) in [7, 11) is 1.80. The van der Waals surface area contributed by atoms with Crippen molar-refractivity contribution in [2.24, 2.45) is 0 Å². The Morgan fingerprint density at radius 1 is 0.957 bits per heavy atom. The molecule has 1 fully saturated rings. The highest BCUT2D eigenvalue weighted by Gasteiger charge is 2.39. The van der Waals surface area contributed by atoms with E-state index in [-0.39, 0.29) is 5.91 Å². The molecule has 1 amide bonds. The summed E-state index contributed by atoms with van der Waals surface area (Å²) in [6, 6.07) is 6.18. The van der Waals surface area contributed by atoms with Crippen molar-refractivity contribution in [2.75, 3.05) is 26.8 Å². The molecule has 2 aliphatic rings. The van der Waals surface area contributed by atoms with Crippen LogP contribution in [0, 0.1) is 0 Å². The van der Waals surface area contributed by atoms with Gasteiger partial charge in [0.15, 0.2) is 5.69 Å². The summed E-state index contributed by atoms with van der Waals surface area (Å²) >= 11 is 0. The number of hydrogen-bond donors (Lipinski definition) is 4. The number of carbonyl (C=O) groups excluding carboxylic acids is 1. The Hall–Kier alpha value is -4.47. The number of aromatic amines is 1. The molecule has 258 valence electrons. The Bertz CT molecular complexity index is 1250. The molecule has 1 unspecified atom stereocenters. The molecule has 2 aromatic heterocycles. The van der Waals surface area contributed by atoms with Gasteiger partial charge in [0.2, 0.25) is 0 Å². The van der Waals surface area contributed by atoms with Crippen LogP contribution in [0.2, 0.25) is 0 Å². The molecule has 0 aromatic carbocycles. The summed E-state index contributed by atoms with van der Waals surface area (Å²) < 4.78 is 101. The van der Waals surface area contributed by atoms with Gasteiger partial charge in [0.05, 0.1) is 18.8 Å². The molecule has 2 aliphatic heterocycles. The third-order valence-corrected chi connectivity index (χ3v) is 5.79. The first-order valence-corrected chi connectivity index (χ1v) is 12.5. The number of hydrogen-bond acceptors (Lipinski definition) is 8. The van der Waals surface area contributed by atoms with E-state index in [2.05, 4.69) is 20.1 Å². The van der Waals surface area contributed by atoms with Crippen LogP contribution in [0.5, 0.6) is 0 Å². The van der Waals surface area contributed by atoms with Gasteiger partial charge < -0.3 is 25.0 Å². The Morgan fingerprint density at radius 2 is 1.48 bits per heavy atom. The number of halogens is 9. The molecule has 0 radical (unpaired) electrons. The van der Waals surface area contributed by atoms with Gasteiger partial charge in [-0.3, -0.25) is 19.8 Å². The number of carboxylic acids is 3. The van der Waals surface area contributed by atoms with E-state index in [9.17, 15) is 44.3 Å². The Morgan fingerprint density at radius 3 is 1.89 bits per heavy atom. The number of H-pyrrole nitrogens is 1. The summed E-state index contributed by atoms with van der Waals surface area (Å²) in [4.78, 5) is 48.0. The smallest absolute Gasteiger partial charge is 0.475 e. The van der Waals surface area contributed by atoms with Gasteiger partial charge in [-0.05, 0) is 18.6 Å². The van der Waals surface area contributed by atoms with E-state index in [0.717, 1.165) is 56.1 Å². The van der Waals surface area contributed by atoms with Crippen molar-refractivity contribution in [2.45, 2.75) is 50.5 Å². The third kappa shape index (κ3) is 13.3. The summed E-state index contributed by atoms with van der Waals surface area (Å²) in [5.74, 6) is -8.33. The van der Waals surface area contributed by atoms with Crippen LogP contribution in [0.1, 0.15) is 33.9 Å². The fourth-order valence-electron chi connectivity index (χ4n) is 3.60. The van der Waals surface area contributed by atoms with E-state index in [1.54, 1.807) is 18.1 Å². The van der Waals surface area contributed by atoms with E-state index in [1.165, 1.54) is 0 Å². The zero-order valence-corrected chi connectivity index (χ0v) is 23.4. The molecule has 0 aliphatic carbocycles. The Labute approximate surface area is 252 Å². The Kier molecular flexibility index (Phi) is 14.4. The largest absolute Gasteiger partial charge is 0.490 e. The minimum atomic E-state index is -5.08. The molecule has 2 aromatic rings. The molecule has 22 heteroatoms. The van der Waals surface area contributed by atoms with Crippen molar-refractivity contribution in [3.8, 4) is 0 Å². The lowest BCUT2D eigenvalue weighted by Crippen LogP contribution is -2.40. The van der Waals surface area contributed by atoms with Crippen LogP contribution in [0.15, 0.2) is 24.4 Å². The predicted octanol–water partition coefficient (Wildman–Crippen LogP) is 3.12. The number of fused-ring (bicyclic) bond motifs is 1. The summed E-state index contributed by atoms with van der Waals surface area (Å²) in [5.41, 5.74) is 3.53. The molecular weight excluding hydrogens is 657 g/mol. The lowest BCUT2D eigenvalue weighted by Gasteiger charge is -2.31. The lowest BCUT2D eigenvalue weighted by molar-refractivity contribution is -0.193. The number of pyridine rings is 1. The van der Waals surface area contributed by atoms with E-state index < -0.39 is 36.4 Å². The fraction of sp³-hybridized carbons (Fsp3) is 0.500. The maximum Gasteiger partial charge on any atom is 0.490 e. The van der Waals surface area contributed by atoms with Crippen LogP contribution in [0.4, 0.5) is 39.5 Å². The van der Waals surface area contributed by atoms with Gasteiger partial charge in [0.25, 0.3) is 5.91 Å². The molecule has 1 saturated heterocycles. The van der Waals surface area contributed by atoms with Crippen molar-refractivity contribution in [3.63, 3.8) is 0 Å². The number of amides is 1. The van der Waals surface area contributed by atoms with Crippen molar-refractivity contribution in [3.05, 3.63) is 47.0 Å². The second-order valence-electron chi connectivity index (χ2n) is 9.16. The summed E-state index contributed by atoms with van der Waals surface area (Å²) in [6.45, 7) is 3.84. The maximum atomic E-state index is 12.9. The first-order valence-electron chi connectivity index (χ1n) is 12.5. The van der Waals surface area contributed by atoms with Gasteiger partial charge in [-0.15, -0.1) is 0 Å². The zero-order chi connectivity index (χ0) is 35.5. The number of nitrogens with one attached hydrogen (secondary N) is 1. The number of ether oxygens (including phenoxy) is 1. The standard InChI is InChI=1S/C18H23N5O2.3C2HF3O2/c1-22(10-13-4-2-3-7-19-13)18(24)17-15-11-23(14-6-9-25-12-14)8-5-16(15)20-21-17;3*3-2(4,5)1(6)7/h2-4,7,14H,5-6,8-12H2,1H3,(H,20,21);3*(H,6,7). The average Bonchev–Trinajstić information content (AvgIpc) is 3.63. The number of nitrogens with zero attached hydrogens (tertiary/aromatic N) is 4. The molecule has 4 heterocycles. The van der Waals surface area contributed by atoms with E-state index in [1.807, 2.05) is 18.2 Å². The SMILES string of the molecule is CN(Cc1ccccn1)C(=O)c1n[nH]c2c1CN(C1CCOC1)CC2.O=C(O)C(F)(F)F.O=C(O)C(F)(F)F.O=C(O)C(F)(F)F. The average molecular weight is 683 g/mol. The second kappa shape index (κ2) is 16.7. The molecule has 0 saturated carbocycles. The van der Waals surface area contributed by atoms with Crippen molar-refractivity contribution < 1.29 is 78.7 Å². The molecule has 4 N–H and O–H groups in total. The van der Waals surface area contributed by atoms with Gasteiger partial charge in [0, 0.05) is 56.7 Å². The normalized spacial score (nSPS) is 16.3. The Balaban J connectivity index is 0.000000413. The first-order chi connectivity index (χ1) is 21.1. The highest BCUT2D eigenvalue weighted by molar-refractivity contribution is 5.93. The summed E-state index contributed by atoms with van der Waals surface area (Å²) in [5, 5.41) is 28.8. The second-order valence-corrected chi connectivity index (χ2v) is 9.16. The predicted molar refractivity (Wildman–Crippen MR) is 133 cm³/mol. The van der Waals surface area contributed by atoms with Crippen molar-refractivity contribution in [1.29, 1.82) is 0 Å². The fourth-order valence-corrected chi connectivity index (χ4v) is 3.60. The van der Waals surface area contributed by atoms with Gasteiger partial charge >= 0.3 is 36.4 Å². The minimum Gasteiger partial charge on any atom is -0.475 e. The molecule has 4 rings (SSSR count). The van der Waals surface area contributed by atoms with Crippen LogP contribution in [0.3, 0.4) is 0 Å². The number of carbonyl (C=O) groups is 4. The summed E-state index contributed by atoms with van der Waals surface area (Å²) in [6.07, 6.45) is -11.5. The van der Waals surface area contributed by atoms with E-state index >= 15 is 0 Å². The van der Waals surface area contributed by atoms with Crippen LogP contribution >= 0.6 is 0 Å². The highest BCUT2D eigenvalue weighted by Crippen LogP contribution is 2.25. The molecule has 0 spiro atoms. The quantitative estimate of drug-likeness (QED) is 0.347. The van der Waals surface area contributed by atoms with E-state index in [0.29, 0.717) is 18.3 Å². The van der Waals surface area contributed by atoms with Gasteiger partial charge in [0.1, 0.15) is 0 Å². The minimum absolute atomic E-state index is 0.0623. The van der Waals surface area contributed by atoms with Crippen LogP contribution in [-0.4, -0.2) is 115 Å². The van der Waals surface area contributed by atoms with Crippen LogP contribution in [0.25, 0.3) is 0 Å². The van der Waals surface area contributed by atoms with Crippen molar-refractivity contribution >= 4 is 23.8 Å². The van der Waals surface area contributed by atoms with Crippen LogP contribution < -0.4 is 0 Å². The maximum absolute atomic E-state index is 12.9. The third-order valence-electron chi connectivity index (χ3n) is 5.79. The molecule has 0 bridgehead atoms. The molecule has 46 heavy (non-hydrogen) atoms. The number of aliphatic carboxylic acids is 3. The van der Waals surface area contributed by atoms with Crippen molar-refractivity contribution in [1.82, 2.24) is 25.0 Å². The zero-order valence-electron chi connectivity index (χ0n) is 23.4.